The predicted molar refractivity (Wildman–Crippen MR) is 91.4 cm³/mol. The Morgan fingerprint density at radius 2 is 1.59 bits per heavy atom. The minimum absolute atomic E-state index is 0.0250. The zero-order valence-corrected chi connectivity index (χ0v) is 14.2. The lowest BCUT2D eigenvalue weighted by Crippen LogP contribution is -2.19. The molecule has 0 aliphatic heterocycles. The summed E-state index contributed by atoms with van der Waals surface area (Å²) in [5.41, 5.74) is -1.57. The van der Waals surface area contributed by atoms with Crippen LogP contribution in [0.1, 0.15) is 31.4 Å². The van der Waals surface area contributed by atoms with E-state index >= 15 is 0 Å². The van der Waals surface area contributed by atoms with Crippen LogP contribution in [0.3, 0.4) is 0 Å². The van der Waals surface area contributed by atoms with Crippen LogP contribution in [0.25, 0.3) is 16.9 Å². The van der Waals surface area contributed by atoms with E-state index in [4.69, 9.17) is 0 Å². The Morgan fingerprint density at radius 3 is 2.22 bits per heavy atom. The maximum absolute atomic E-state index is 14.4. The van der Waals surface area contributed by atoms with Gasteiger partial charge in [-0.1, -0.05) is 25.0 Å². The maximum Gasteiger partial charge on any atom is 0.431 e. The van der Waals surface area contributed by atoms with Gasteiger partial charge in [0.2, 0.25) is 0 Å². The number of nitrogens with zero attached hydrogens (tertiary/aromatic N) is 2. The molecule has 0 bridgehead atoms. The summed E-state index contributed by atoms with van der Waals surface area (Å²) in [6.07, 6.45) is -1.19. The summed E-state index contributed by atoms with van der Waals surface area (Å²) in [7, 11) is 0. The van der Waals surface area contributed by atoms with Crippen molar-refractivity contribution in [1.82, 2.24) is 9.38 Å². The molecule has 0 amide bonds. The highest BCUT2D eigenvalue weighted by Crippen LogP contribution is 2.38. The van der Waals surface area contributed by atoms with Crippen molar-refractivity contribution in [3.05, 3.63) is 53.7 Å². The minimum atomic E-state index is -4.64. The van der Waals surface area contributed by atoms with Crippen molar-refractivity contribution in [3.8, 4) is 11.3 Å². The van der Waals surface area contributed by atoms with E-state index in [1.54, 1.807) is 0 Å². The molecule has 0 atom stereocenters. The van der Waals surface area contributed by atoms with Crippen LogP contribution in [-0.4, -0.2) is 15.4 Å². The van der Waals surface area contributed by atoms with E-state index in [1.165, 1.54) is 18.2 Å². The Labute approximate surface area is 151 Å². The highest BCUT2D eigenvalue weighted by molar-refractivity contribution is 5.78. The molecule has 8 heteroatoms. The second-order valence-corrected chi connectivity index (χ2v) is 6.63. The number of fused-ring (bicyclic) bond motifs is 1. The van der Waals surface area contributed by atoms with Gasteiger partial charge in [0.05, 0.1) is 5.56 Å². The molecular formula is C19H16F5N3. The molecule has 0 saturated heterocycles. The van der Waals surface area contributed by atoms with E-state index in [1.807, 2.05) is 0 Å². The minimum Gasteiger partial charge on any atom is -0.367 e. The number of halogens is 5. The first kappa shape index (κ1) is 17.8. The normalized spacial score (nSPS) is 15.6. The number of benzene rings is 1. The van der Waals surface area contributed by atoms with Gasteiger partial charge >= 0.3 is 6.18 Å². The van der Waals surface area contributed by atoms with Gasteiger partial charge in [-0.25, -0.2) is 13.8 Å². The highest BCUT2D eigenvalue weighted by Gasteiger charge is 2.36. The molecule has 1 aliphatic carbocycles. The Hall–Kier alpha value is -2.64. The first-order chi connectivity index (χ1) is 12.9. The molecule has 142 valence electrons. The smallest absolute Gasteiger partial charge is 0.367 e. The second kappa shape index (κ2) is 6.51. The lowest BCUT2D eigenvalue weighted by molar-refractivity contribution is -0.141. The molecule has 27 heavy (non-hydrogen) atoms. The van der Waals surface area contributed by atoms with Crippen LogP contribution in [0.5, 0.6) is 0 Å². The lowest BCUT2D eigenvalue weighted by Gasteiger charge is -2.18. The lowest BCUT2D eigenvalue weighted by atomic mass is 10.1. The summed E-state index contributed by atoms with van der Waals surface area (Å²) < 4.78 is 70.3. The van der Waals surface area contributed by atoms with E-state index in [2.05, 4.69) is 10.3 Å². The fourth-order valence-corrected chi connectivity index (χ4v) is 3.61. The third-order valence-electron chi connectivity index (χ3n) is 4.83. The number of imidazole rings is 1. The molecular weight excluding hydrogens is 365 g/mol. The number of aromatic nitrogens is 2. The van der Waals surface area contributed by atoms with Crippen molar-refractivity contribution in [2.24, 2.45) is 0 Å². The number of hydrogen-bond acceptors (Lipinski definition) is 2. The van der Waals surface area contributed by atoms with Gasteiger partial charge in [-0.2, -0.15) is 13.2 Å². The molecule has 3 nitrogen and oxygen atoms in total. The summed E-state index contributed by atoms with van der Waals surface area (Å²) in [5, 5.41) is 3.07. The number of nitrogens with one attached hydrogen (secondary N) is 1. The third kappa shape index (κ3) is 3.13. The molecule has 0 radical (unpaired) electrons. The Bertz CT molecular complexity index is 967. The van der Waals surface area contributed by atoms with E-state index < -0.39 is 29.1 Å². The first-order valence-corrected chi connectivity index (χ1v) is 8.66. The van der Waals surface area contributed by atoms with Crippen molar-refractivity contribution in [2.75, 3.05) is 5.32 Å². The van der Waals surface area contributed by atoms with Crippen LogP contribution in [0.2, 0.25) is 0 Å². The summed E-state index contributed by atoms with van der Waals surface area (Å²) in [5.74, 6) is -1.78. The standard InChI is InChI=1S/C19H16F5N3/c20-12-7-3-8-13(21)16(12)17-18(25-11-5-1-2-6-11)27-14(19(22,23)24)9-4-10-15(27)26-17/h3-4,7-11,25H,1-2,5-6H2. The molecule has 1 N–H and O–H groups in total. The van der Waals surface area contributed by atoms with E-state index in [-0.39, 0.29) is 23.2 Å². The van der Waals surface area contributed by atoms with Gasteiger partial charge in [0.15, 0.2) is 0 Å². The fraction of sp³-hybridized carbons (Fsp3) is 0.316. The van der Waals surface area contributed by atoms with Gasteiger partial charge in [-0.15, -0.1) is 0 Å². The van der Waals surface area contributed by atoms with Gasteiger partial charge < -0.3 is 5.32 Å². The van der Waals surface area contributed by atoms with Gasteiger partial charge in [0, 0.05) is 6.04 Å². The van der Waals surface area contributed by atoms with Crippen LogP contribution in [0.15, 0.2) is 36.4 Å². The number of alkyl halides is 3. The highest BCUT2D eigenvalue weighted by atomic mass is 19.4. The van der Waals surface area contributed by atoms with Gasteiger partial charge in [0.25, 0.3) is 0 Å². The van der Waals surface area contributed by atoms with Crippen LogP contribution in [0, 0.1) is 11.6 Å². The molecule has 2 aromatic heterocycles. The Balaban J connectivity index is 2.01. The molecule has 1 aliphatic rings. The van der Waals surface area contributed by atoms with Crippen molar-refractivity contribution in [2.45, 2.75) is 37.9 Å². The second-order valence-electron chi connectivity index (χ2n) is 6.63. The van der Waals surface area contributed by atoms with Crippen LogP contribution < -0.4 is 5.32 Å². The van der Waals surface area contributed by atoms with Crippen LogP contribution >= 0.6 is 0 Å². The van der Waals surface area contributed by atoms with Crippen molar-refractivity contribution >= 4 is 11.5 Å². The summed E-state index contributed by atoms with van der Waals surface area (Å²) in [6, 6.07) is 6.80. The predicted octanol–water partition coefficient (Wildman–Crippen LogP) is 5.65. The molecule has 1 fully saturated rings. The van der Waals surface area contributed by atoms with E-state index in [0.717, 1.165) is 48.3 Å². The topological polar surface area (TPSA) is 29.3 Å². The van der Waals surface area contributed by atoms with Gasteiger partial charge in [-0.3, -0.25) is 4.40 Å². The first-order valence-electron chi connectivity index (χ1n) is 8.66. The number of hydrogen-bond donors (Lipinski definition) is 1. The molecule has 4 rings (SSSR count). The maximum atomic E-state index is 14.4. The average Bonchev–Trinajstić information content (AvgIpc) is 3.23. The van der Waals surface area contributed by atoms with Crippen LogP contribution in [-0.2, 0) is 6.18 Å². The molecule has 3 aromatic rings. The SMILES string of the molecule is Fc1cccc(F)c1-c1nc2cccc(C(F)(F)F)n2c1NC1CCCC1. The molecule has 1 aromatic carbocycles. The molecule has 2 heterocycles. The zero-order chi connectivity index (χ0) is 19.2. The van der Waals surface area contributed by atoms with Crippen LogP contribution in [0.4, 0.5) is 27.8 Å². The quantitative estimate of drug-likeness (QED) is 0.594. The fourth-order valence-electron chi connectivity index (χ4n) is 3.61. The number of pyridine rings is 1. The van der Waals surface area contributed by atoms with Gasteiger partial charge in [-0.05, 0) is 37.1 Å². The van der Waals surface area contributed by atoms with E-state index in [9.17, 15) is 22.0 Å². The summed E-state index contributed by atoms with van der Waals surface area (Å²) in [4.78, 5) is 4.14. The van der Waals surface area contributed by atoms with Crippen molar-refractivity contribution in [3.63, 3.8) is 0 Å². The number of rotatable bonds is 3. The number of anilines is 1. The van der Waals surface area contributed by atoms with Crippen molar-refractivity contribution < 1.29 is 22.0 Å². The van der Waals surface area contributed by atoms with Crippen molar-refractivity contribution in [1.29, 1.82) is 0 Å². The molecule has 0 unspecified atom stereocenters. The summed E-state index contributed by atoms with van der Waals surface area (Å²) in [6.45, 7) is 0. The molecule has 0 spiro atoms. The largest absolute Gasteiger partial charge is 0.431 e. The van der Waals surface area contributed by atoms with Gasteiger partial charge in [0.1, 0.15) is 34.5 Å². The average molecular weight is 381 g/mol. The third-order valence-corrected chi connectivity index (χ3v) is 4.83. The summed E-state index contributed by atoms with van der Waals surface area (Å²) >= 11 is 0. The Kier molecular flexibility index (Phi) is 4.28. The molecule has 1 saturated carbocycles. The zero-order valence-electron chi connectivity index (χ0n) is 14.2. The van der Waals surface area contributed by atoms with E-state index in [0.29, 0.717) is 0 Å². The Morgan fingerprint density at radius 1 is 0.963 bits per heavy atom. The monoisotopic (exact) mass is 381 g/mol.